The van der Waals surface area contributed by atoms with E-state index in [0.29, 0.717) is 6.10 Å². The molecule has 0 radical (unpaired) electrons. The maximum Gasteiger partial charge on any atom is 0.0575 e. The molecule has 1 aliphatic heterocycles. The molecule has 1 heterocycles. The van der Waals surface area contributed by atoms with Crippen LogP contribution in [0.15, 0.2) is 12.7 Å². The molecule has 1 atom stereocenters. The number of hydrogen-bond donors (Lipinski definition) is 0. The molecule has 0 aromatic heterocycles. The summed E-state index contributed by atoms with van der Waals surface area (Å²) >= 11 is 0. The highest BCUT2D eigenvalue weighted by molar-refractivity contribution is 4.63. The van der Waals surface area contributed by atoms with Crippen LogP contribution in [0.4, 0.5) is 0 Å². The molecule has 19 heavy (non-hydrogen) atoms. The zero-order chi connectivity index (χ0) is 14.2. The van der Waals surface area contributed by atoms with Gasteiger partial charge in [0.25, 0.3) is 0 Å². The first-order valence-corrected chi connectivity index (χ1v) is 8.53. The Kier molecular flexibility index (Phi) is 15.5. The van der Waals surface area contributed by atoms with Crippen molar-refractivity contribution in [3.05, 3.63) is 12.7 Å². The number of hydrogen-bond acceptors (Lipinski definition) is 1. The fourth-order valence-corrected chi connectivity index (χ4v) is 2.54. The van der Waals surface area contributed by atoms with Crippen LogP contribution in [0.25, 0.3) is 0 Å². The molecule has 0 amide bonds. The van der Waals surface area contributed by atoms with E-state index in [-0.39, 0.29) is 0 Å². The van der Waals surface area contributed by atoms with Crippen LogP contribution in [-0.4, -0.2) is 12.7 Å². The summed E-state index contributed by atoms with van der Waals surface area (Å²) in [6.07, 6.45) is 19.0. The topological polar surface area (TPSA) is 9.23 Å². The normalized spacial score (nSPS) is 18.5. The van der Waals surface area contributed by atoms with Gasteiger partial charge in [-0.2, -0.15) is 0 Å². The molecule has 0 spiro atoms. The Balaban J connectivity index is 0.000000982. The van der Waals surface area contributed by atoms with Crippen LogP contribution in [0.1, 0.15) is 90.9 Å². The van der Waals surface area contributed by atoms with Crippen molar-refractivity contribution in [2.45, 2.75) is 97.0 Å². The minimum absolute atomic E-state index is 0.605. The van der Waals surface area contributed by atoms with Gasteiger partial charge in [0.2, 0.25) is 0 Å². The van der Waals surface area contributed by atoms with E-state index in [1.807, 2.05) is 6.92 Å². The summed E-state index contributed by atoms with van der Waals surface area (Å²) in [4.78, 5) is 0. The monoisotopic (exact) mass is 268 g/mol. The third kappa shape index (κ3) is 13.9. The van der Waals surface area contributed by atoms with Crippen LogP contribution in [0.5, 0.6) is 0 Å². The van der Waals surface area contributed by atoms with Gasteiger partial charge in [-0.05, 0) is 32.6 Å². The second kappa shape index (κ2) is 15.8. The fraction of sp³-hybridized carbons (Fsp3) is 0.889. The molecular weight excluding hydrogens is 232 g/mol. The molecule has 114 valence electrons. The molecule has 0 aliphatic carbocycles. The lowest BCUT2D eigenvalue weighted by molar-refractivity contribution is 0.00977. The van der Waals surface area contributed by atoms with Crippen LogP contribution >= 0.6 is 0 Å². The van der Waals surface area contributed by atoms with E-state index in [2.05, 4.69) is 13.5 Å². The summed E-state index contributed by atoms with van der Waals surface area (Å²) in [6.45, 7) is 8.55. The molecule has 1 saturated heterocycles. The van der Waals surface area contributed by atoms with Crippen molar-refractivity contribution in [3.8, 4) is 0 Å². The summed E-state index contributed by atoms with van der Waals surface area (Å²) in [5, 5.41) is 0. The Morgan fingerprint density at radius 3 is 2.11 bits per heavy atom. The van der Waals surface area contributed by atoms with E-state index < -0.39 is 0 Å². The number of ether oxygens (including phenoxy) is 1. The molecule has 0 aromatic rings. The first-order chi connectivity index (χ1) is 9.35. The molecule has 1 fully saturated rings. The maximum atomic E-state index is 5.74. The highest BCUT2D eigenvalue weighted by Crippen LogP contribution is 2.18. The van der Waals surface area contributed by atoms with Crippen LogP contribution in [0, 0.1) is 0 Å². The Bertz CT molecular complexity index is 171. The first-order valence-electron chi connectivity index (χ1n) is 8.53. The highest BCUT2D eigenvalue weighted by Gasteiger charge is 2.12. The van der Waals surface area contributed by atoms with Gasteiger partial charge in [-0.3, -0.25) is 0 Å². The molecule has 0 bridgehead atoms. The summed E-state index contributed by atoms with van der Waals surface area (Å²) in [6, 6.07) is 0. The van der Waals surface area contributed by atoms with E-state index in [1.165, 1.54) is 77.0 Å². The molecule has 1 rings (SSSR count). The van der Waals surface area contributed by atoms with E-state index >= 15 is 0 Å². The Morgan fingerprint density at radius 2 is 1.58 bits per heavy atom. The maximum absolute atomic E-state index is 5.74. The molecule has 1 aliphatic rings. The van der Waals surface area contributed by atoms with Crippen LogP contribution in [0.2, 0.25) is 0 Å². The molecule has 0 saturated carbocycles. The summed E-state index contributed by atoms with van der Waals surface area (Å²) in [7, 11) is 0. The molecule has 1 nitrogen and oxygen atoms in total. The van der Waals surface area contributed by atoms with Crippen LogP contribution in [0.3, 0.4) is 0 Å². The first kappa shape index (κ1) is 18.7. The van der Waals surface area contributed by atoms with Gasteiger partial charge in [0.05, 0.1) is 6.10 Å². The van der Waals surface area contributed by atoms with Gasteiger partial charge in [0.15, 0.2) is 0 Å². The van der Waals surface area contributed by atoms with E-state index in [9.17, 15) is 0 Å². The number of rotatable bonds is 9. The number of allylic oxidation sites excluding steroid dienone is 1. The number of unbranched alkanes of at least 4 members (excludes halogenated alkanes) is 7. The van der Waals surface area contributed by atoms with Gasteiger partial charge in [0, 0.05) is 6.61 Å². The Hall–Kier alpha value is -0.300. The second-order valence-corrected chi connectivity index (χ2v) is 5.66. The molecular formula is C18H36O. The summed E-state index contributed by atoms with van der Waals surface area (Å²) < 4.78 is 5.74. The van der Waals surface area contributed by atoms with Gasteiger partial charge >= 0.3 is 0 Å². The van der Waals surface area contributed by atoms with Gasteiger partial charge in [-0.25, -0.2) is 0 Å². The molecule has 1 heteroatoms. The summed E-state index contributed by atoms with van der Waals surface area (Å²) in [5.74, 6) is 0. The molecule has 0 aromatic carbocycles. The average Bonchev–Trinajstić information content (AvgIpc) is 2.44. The zero-order valence-corrected chi connectivity index (χ0v) is 13.5. The largest absolute Gasteiger partial charge is 0.378 e. The standard InChI is InChI=1S/C15H30O.C3H6/c1-2-3-4-5-6-7-8-9-12-15-13-10-11-14-16-15;1-3-2/h15H,2-14H2,1H3;3H,1H2,2H3. The Morgan fingerprint density at radius 1 is 1.00 bits per heavy atom. The SMILES string of the molecule is C=CC.CCCCCCCCCCC1CCCCO1. The van der Waals surface area contributed by atoms with Crippen molar-refractivity contribution in [1.82, 2.24) is 0 Å². The minimum atomic E-state index is 0.605. The lowest BCUT2D eigenvalue weighted by Gasteiger charge is -2.22. The van der Waals surface area contributed by atoms with Crippen LogP contribution in [-0.2, 0) is 4.74 Å². The minimum Gasteiger partial charge on any atom is -0.378 e. The van der Waals surface area contributed by atoms with Crippen molar-refractivity contribution in [3.63, 3.8) is 0 Å². The third-order valence-electron chi connectivity index (χ3n) is 3.65. The third-order valence-corrected chi connectivity index (χ3v) is 3.65. The average molecular weight is 268 g/mol. The van der Waals surface area contributed by atoms with E-state index in [0.717, 1.165) is 6.61 Å². The van der Waals surface area contributed by atoms with Gasteiger partial charge in [-0.1, -0.05) is 64.4 Å². The van der Waals surface area contributed by atoms with E-state index in [4.69, 9.17) is 4.74 Å². The fourth-order valence-electron chi connectivity index (χ4n) is 2.54. The predicted molar refractivity (Wildman–Crippen MR) is 86.7 cm³/mol. The smallest absolute Gasteiger partial charge is 0.0575 e. The Labute approximate surface area is 121 Å². The quantitative estimate of drug-likeness (QED) is 0.353. The van der Waals surface area contributed by atoms with Crippen molar-refractivity contribution in [2.75, 3.05) is 6.61 Å². The van der Waals surface area contributed by atoms with Gasteiger partial charge < -0.3 is 4.74 Å². The molecule has 0 N–H and O–H groups in total. The lowest BCUT2D eigenvalue weighted by atomic mass is 10.0. The second-order valence-electron chi connectivity index (χ2n) is 5.66. The lowest BCUT2D eigenvalue weighted by Crippen LogP contribution is -2.18. The van der Waals surface area contributed by atoms with Crippen molar-refractivity contribution < 1.29 is 4.74 Å². The van der Waals surface area contributed by atoms with Crippen molar-refractivity contribution in [1.29, 1.82) is 0 Å². The van der Waals surface area contributed by atoms with Crippen molar-refractivity contribution in [2.24, 2.45) is 0 Å². The van der Waals surface area contributed by atoms with E-state index in [1.54, 1.807) is 6.08 Å². The highest BCUT2D eigenvalue weighted by atomic mass is 16.5. The van der Waals surface area contributed by atoms with Gasteiger partial charge in [0.1, 0.15) is 0 Å². The summed E-state index contributed by atoms with van der Waals surface area (Å²) in [5.41, 5.74) is 0. The van der Waals surface area contributed by atoms with Gasteiger partial charge in [-0.15, -0.1) is 6.58 Å². The predicted octanol–water partition coefficient (Wildman–Crippen LogP) is 6.28. The zero-order valence-electron chi connectivity index (χ0n) is 13.5. The van der Waals surface area contributed by atoms with Crippen molar-refractivity contribution >= 4 is 0 Å². The molecule has 1 unspecified atom stereocenters. The van der Waals surface area contributed by atoms with Crippen LogP contribution < -0.4 is 0 Å².